The summed E-state index contributed by atoms with van der Waals surface area (Å²) in [4.78, 5) is 0. The van der Waals surface area contributed by atoms with E-state index in [9.17, 15) is 0 Å². The molecule has 5 aromatic rings. The molecule has 7 heteroatoms. The Morgan fingerprint density at radius 3 is 2.29 bits per heavy atom. The van der Waals surface area contributed by atoms with Crippen molar-refractivity contribution in [2.75, 3.05) is 0 Å². The molecule has 31 heavy (non-hydrogen) atoms. The van der Waals surface area contributed by atoms with Crippen LogP contribution in [0.3, 0.4) is 0 Å². The number of para-hydroxylation sites is 1. The number of benzene rings is 3. The van der Waals surface area contributed by atoms with Gasteiger partial charge in [-0.05, 0) is 37.3 Å². The summed E-state index contributed by atoms with van der Waals surface area (Å²) < 4.78 is 7.91. The summed E-state index contributed by atoms with van der Waals surface area (Å²) in [5, 5.41) is 18.1. The highest BCUT2D eigenvalue weighted by molar-refractivity contribution is 7.98. The second kappa shape index (κ2) is 8.57. The lowest BCUT2D eigenvalue weighted by molar-refractivity contribution is 0.528. The Morgan fingerprint density at radius 1 is 0.774 bits per heavy atom. The van der Waals surface area contributed by atoms with Gasteiger partial charge in [-0.1, -0.05) is 71.9 Å². The SMILES string of the molecule is Cc1cccc(-c2nnc(SCc3nnc(-c4ccccc4)o3)n2-c2ccccc2)c1. The molecule has 6 nitrogen and oxygen atoms in total. The minimum Gasteiger partial charge on any atom is -0.420 e. The molecule has 0 unspecified atom stereocenters. The van der Waals surface area contributed by atoms with E-state index in [1.165, 1.54) is 17.3 Å². The van der Waals surface area contributed by atoms with E-state index in [0.717, 1.165) is 27.8 Å². The van der Waals surface area contributed by atoms with Crippen LogP contribution in [0.4, 0.5) is 0 Å². The van der Waals surface area contributed by atoms with E-state index in [2.05, 4.69) is 50.1 Å². The van der Waals surface area contributed by atoms with Crippen molar-refractivity contribution in [3.8, 4) is 28.5 Å². The van der Waals surface area contributed by atoms with Gasteiger partial charge in [0.1, 0.15) is 0 Å². The number of hydrogen-bond donors (Lipinski definition) is 0. The number of nitrogens with zero attached hydrogens (tertiary/aromatic N) is 5. The van der Waals surface area contributed by atoms with Crippen molar-refractivity contribution in [1.29, 1.82) is 0 Å². The van der Waals surface area contributed by atoms with Crippen LogP contribution in [-0.2, 0) is 5.75 Å². The van der Waals surface area contributed by atoms with Gasteiger partial charge < -0.3 is 4.42 Å². The van der Waals surface area contributed by atoms with Gasteiger partial charge in [-0.15, -0.1) is 20.4 Å². The average Bonchev–Trinajstić information content (AvgIpc) is 3.46. The van der Waals surface area contributed by atoms with Gasteiger partial charge in [0, 0.05) is 16.8 Å². The van der Waals surface area contributed by atoms with Crippen LogP contribution in [0.15, 0.2) is 94.5 Å². The Morgan fingerprint density at radius 2 is 1.52 bits per heavy atom. The fourth-order valence-electron chi connectivity index (χ4n) is 3.28. The van der Waals surface area contributed by atoms with Crippen molar-refractivity contribution in [1.82, 2.24) is 25.0 Å². The van der Waals surface area contributed by atoms with Gasteiger partial charge in [0.15, 0.2) is 11.0 Å². The minimum absolute atomic E-state index is 0.499. The fraction of sp³-hybridized carbons (Fsp3) is 0.0833. The highest BCUT2D eigenvalue weighted by Crippen LogP contribution is 2.30. The van der Waals surface area contributed by atoms with Gasteiger partial charge in [-0.3, -0.25) is 4.57 Å². The topological polar surface area (TPSA) is 69.6 Å². The van der Waals surface area contributed by atoms with E-state index in [1.807, 2.05) is 66.7 Å². The maximum atomic E-state index is 5.84. The summed E-state index contributed by atoms with van der Waals surface area (Å²) in [5.41, 5.74) is 4.10. The van der Waals surface area contributed by atoms with Crippen molar-refractivity contribution in [2.24, 2.45) is 0 Å². The van der Waals surface area contributed by atoms with E-state index in [4.69, 9.17) is 4.42 Å². The standard InChI is InChI=1S/C24H19N5OS/c1-17-9-8-12-19(15-17)22-26-28-24(29(22)20-13-6-3-7-14-20)31-16-21-25-27-23(30-21)18-10-4-2-5-11-18/h2-15H,16H2,1H3. The summed E-state index contributed by atoms with van der Waals surface area (Å²) >= 11 is 1.52. The highest BCUT2D eigenvalue weighted by Gasteiger charge is 2.17. The second-order valence-corrected chi connectivity index (χ2v) is 7.94. The first kappa shape index (κ1) is 19.3. The zero-order chi connectivity index (χ0) is 21.0. The first-order valence-electron chi connectivity index (χ1n) is 9.86. The lowest BCUT2D eigenvalue weighted by atomic mass is 10.1. The molecule has 0 fully saturated rings. The van der Waals surface area contributed by atoms with Crippen LogP contribution >= 0.6 is 11.8 Å². The fourth-order valence-corrected chi connectivity index (χ4v) is 4.07. The van der Waals surface area contributed by atoms with Crippen molar-refractivity contribution in [3.05, 3.63) is 96.4 Å². The lowest BCUT2D eigenvalue weighted by Crippen LogP contribution is -1.99. The van der Waals surface area contributed by atoms with E-state index >= 15 is 0 Å². The van der Waals surface area contributed by atoms with E-state index < -0.39 is 0 Å². The summed E-state index contributed by atoms with van der Waals surface area (Å²) in [5.74, 6) is 2.36. The monoisotopic (exact) mass is 425 g/mol. The molecule has 0 saturated carbocycles. The Kier molecular flexibility index (Phi) is 5.33. The summed E-state index contributed by atoms with van der Waals surface area (Å²) in [7, 11) is 0. The smallest absolute Gasteiger partial charge is 0.247 e. The van der Waals surface area contributed by atoms with E-state index in [1.54, 1.807) is 0 Å². The van der Waals surface area contributed by atoms with Crippen LogP contribution < -0.4 is 0 Å². The summed E-state index contributed by atoms with van der Waals surface area (Å²) in [6.07, 6.45) is 0. The van der Waals surface area contributed by atoms with Gasteiger partial charge in [-0.2, -0.15) is 0 Å². The van der Waals surface area contributed by atoms with Crippen LogP contribution in [0.25, 0.3) is 28.5 Å². The van der Waals surface area contributed by atoms with Crippen LogP contribution in [-0.4, -0.2) is 25.0 Å². The largest absolute Gasteiger partial charge is 0.420 e. The van der Waals surface area contributed by atoms with E-state index in [0.29, 0.717) is 17.5 Å². The van der Waals surface area contributed by atoms with Gasteiger partial charge in [0.2, 0.25) is 11.8 Å². The Balaban J connectivity index is 1.45. The van der Waals surface area contributed by atoms with Crippen molar-refractivity contribution >= 4 is 11.8 Å². The van der Waals surface area contributed by atoms with Crippen molar-refractivity contribution < 1.29 is 4.42 Å². The predicted molar refractivity (Wildman–Crippen MR) is 121 cm³/mol. The molecule has 0 radical (unpaired) electrons. The number of aromatic nitrogens is 5. The third kappa shape index (κ3) is 4.13. The quantitative estimate of drug-likeness (QED) is 0.331. The molecule has 0 spiro atoms. The molecule has 0 aliphatic carbocycles. The van der Waals surface area contributed by atoms with E-state index in [-0.39, 0.29) is 0 Å². The summed E-state index contributed by atoms with van der Waals surface area (Å²) in [6.45, 7) is 2.07. The molecule has 152 valence electrons. The van der Waals surface area contributed by atoms with Gasteiger partial charge >= 0.3 is 0 Å². The maximum absolute atomic E-state index is 5.84. The number of aryl methyl sites for hydroxylation is 1. The third-order valence-electron chi connectivity index (χ3n) is 4.74. The number of thioether (sulfide) groups is 1. The molecular weight excluding hydrogens is 406 g/mol. The van der Waals surface area contributed by atoms with Gasteiger partial charge in [-0.25, -0.2) is 0 Å². The van der Waals surface area contributed by atoms with Crippen molar-refractivity contribution in [3.63, 3.8) is 0 Å². The Labute approximate surface area is 184 Å². The van der Waals surface area contributed by atoms with Crippen molar-refractivity contribution in [2.45, 2.75) is 17.8 Å². The molecular formula is C24H19N5OS. The minimum atomic E-state index is 0.499. The Hall–Kier alpha value is -3.71. The third-order valence-corrected chi connectivity index (χ3v) is 5.65. The van der Waals surface area contributed by atoms with Crippen LogP contribution in [0, 0.1) is 6.92 Å². The molecule has 0 saturated heterocycles. The second-order valence-electron chi connectivity index (χ2n) is 7.00. The van der Waals surface area contributed by atoms with Crippen LogP contribution in [0.1, 0.15) is 11.5 Å². The molecule has 0 atom stereocenters. The zero-order valence-corrected chi connectivity index (χ0v) is 17.7. The molecule has 0 bridgehead atoms. The summed E-state index contributed by atoms with van der Waals surface area (Å²) in [6, 6.07) is 28.1. The van der Waals surface area contributed by atoms with Gasteiger partial charge in [0.25, 0.3) is 0 Å². The molecule has 2 heterocycles. The molecule has 0 aliphatic rings. The first-order chi connectivity index (χ1) is 15.3. The molecule has 0 aliphatic heterocycles. The predicted octanol–water partition coefficient (Wildman–Crippen LogP) is 5.59. The zero-order valence-electron chi connectivity index (χ0n) is 16.8. The molecule has 2 aromatic heterocycles. The highest BCUT2D eigenvalue weighted by atomic mass is 32.2. The maximum Gasteiger partial charge on any atom is 0.247 e. The molecule has 0 N–H and O–H groups in total. The number of hydrogen-bond acceptors (Lipinski definition) is 6. The normalized spacial score (nSPS) is 11.0. The molecule has 5 rings (SSSR count). The molecule has 0 amide bonds. The lowest BCUT2D eigenvalue weighted by Gasteiger charge is -2.10. The van der Waals surface area contributed by atoms with Gasteiger partial charge in [0.05, 0.1) is 5.75 Å². The van der Waals surface area contributed by atoms with Crippen LogP contribution in [0.2, 0.25) is 0 Å². The number of rotatable bonds is 6. The van der Waals surface area contributed by atoms with Crippen LogP contribution in [0.5, 0.6) is 0 Å². The molecule has 3 aromatic carbocycles. The first-order valence-corrected chi connectivity index (χ1v) is 10.8. The Bertz CT molecular complexity index is 1300. The average molecular weight is 426 g/mol.